The highest BCUT2D eigenvalue weighted by molar-refractivity contribution is 5.03. The minimum atomic E-state index is 0.606. The normalized spacial score (nSPS) is 42.6. The molecule has 0 aromatic rings. The summed E-state index contributed by atoms with van der Waals surface area (Å²) in [5.41, 5.74) is 0.606. The minimum Gasteiger partial charge on any atom is -0.304 e. The van der Waals surface area contributed by atoms with Crippen LogP contribution in [-0.2, 0) is 0 Å². The summed E-state index contributed by atoms with van der Waals surface area (Å²) in [7, 11) is 4.48. The van der Waals surface area contributed by atoms with E-state index in [1.807, 2.05) is 0 Å². The first-order valence-electron chi connectivity index (χ1n) is 4.13. The van der Waals surface area contributed by atoms with Crippen molar-refractivity contribution >= 4 is 0 Å². The molecule has 10 heavy (non-hydrogen) atoms. The van der Waals surface area contributed by atoms with Crippen LogP contribution in [0.15, 0.2) is 0 Å². The molecular weight excluding hydrogens is 124 g/mol. The van der Waals surface area contributed by atoms with Crippen LogP contribution in [0.1, 0.15) is 12.8 Å². The first-order chi connectivity index (χ1) is 4.73. The van der Waals surface area contributed by atoms with Crippen LogP contribution in [0.3, 0.4) is 0 Å². The summed E-state index contributed by atoms with van der Waals surface area (Å²) in [4.78, 5) is 4.95. The van der Waals surface area contributed by atoms with Crippen LogP contribution in [0.25, 0.3) is 0 Å². The number of hydrogen-bond acceptors (Lipinski definition) is 2. The largest absolute Gasteiger partial charge is 0.304 e. The second-order valence-corrected chi connectivity index (χ2v) is 3.88. The van der Waals surface area contributed by atoms with Crippen molar-refractivity contribution in [3.63, 3.8) is 0 Å². The van der Waals surface area contributed by atoms with Gasteiger partial charge in [-0.15, -0.1) is 0 Å². The summed E-state index contributed by atoms with van der Waals surface area (Å²) in [6.45, 7) is 3.90. The Morgan fingerprint density at radius 2 is 1.80 bits per heavy atom. The first-order valence-corrected chi connectivity index (χ1v) is 4.13. The van der Waals surface area contributed by atoms with Crippen LogP contribution >= 0.6 is 0 Å². The molecule has 2 rings (SSSR count). The van der Waals surface area contributed by atoms with E-state index in [1.165, 1.54) is 32.5 Å². The van der Waals surface area contributed by atoms with Gasteiger partial charge in [0.2, 0.25) is 0 Å². The molecule has 58 valence electrons. The van der Waals surface area contributed by atoms with Gasteiger partial charge in [0, 0.05) is 18.6 Å². The molecule has 2 nitrogen and oxygen atoms in total. The molecule has 0 saturated carbocycles. The summed E-state index contributed by atoms with van der Waals surface area (Å²) in [5.74, 6) is 0. The second kappa shape index (κ2) is 1.95. The van der Waals surface area contributed by atoms with Crippen molar-refractivity contribution in [1.29, 1.82) is 0 Å². The Bertz CT molecular complexity index is 146. The van der Waals surface area contributed by atoms with Crippen LogP contribution in [-0.4, -0.2) is 49.1 Å². The van der Waals surface area contributed by atoms with Crippen LogP contribution in [0, 0.1) is 0 Å². The molecule has 2 saturated heterocycles. The maximum absolute atomic E-state index is 2.51. The molecule has 0 aromatic carbocycles. The summed E-state index contributed by atoms with van der Waals surface area (Å²) in [5, 5.41) is 0. The lowest BCUT2D eigenvalue weighted by Crippen LogP contribution is -2.58. The molecule has 0 aliphatic carbocycles. The fourth-order valence-corrected chi connectivity index (χ4v) is 2.23. The van der Waals surface area contributed by atoms with Crippen molar-refractivity contribution in [2.45, 2.75) is 18.4 Å². The Morgan fingerprint density at radius 3 is 2.00 bits per heavy atom. The van der Waals surface area contributed by atoms with Gasteiger partial charge in [0.05, 0.1) is 0 Å². The zero-order valence-electron chi connectivity index (χ0n) is 6.93. The predicted molar refractivity (Wildman–Crippen MR) is 42.1 cm³/mol. The molecule has 0 radical (unpaired) electrons. The van der Waals surface area contributed by atoms with Crippen molar-refractivity contribution in [3.8, 4) is 0 Å². The van der Waals surface area contributed by atoms with E-state index in [0.29, 0.717) is 5.54 Å². The van der Waals surface area contributed by atoms with Crippen LogP contribution in [0.5, 0.6) is 0 Å². The smallest absolute Gasteiger partial charge is 0.0357 e. The SMILES string of the molecule is CN1CCC2(CCN2C)C1. The Morgan fingerprint density at radius 1 is 1.10 bits per heavy atom. The van der Waals surface area contributed by atoms with E-state index in [-0.39, 0.29) is 0 Å². The van der Waals surface area contributed by atoms with E-state index in [0.717, 1.165) is 0 Å². The monoisotopic (exact) mass is 140 g/mol. The topological polar surface area (TPSA) is 6.48 Å². The van der Waals surface area contributed by atoms with Gasteiger partial charge in [-0.3, -0.25) is 4.90 Å². The number of rotatable bonds is 0. The Hall–Kier alpha value is -0.0800. The van der Waals surface area contributed by atoms with Crippen molar-refractivity contribution in [1.82, 2.24) is 9.80 Å². The van der Waals surface area contributed by atoms with E-state index in [9.17, 15) is 0 Å². The fraction of sp³-hybridized carbons (Fsp3) is 1.00. The Kier molecular flexibility index (Phi) is 1.29. The average Bonchev–Trinajstić information content (AvgIpc) is 2.31. The number of likely N-dealkylation sites (N-methyl/N-ethyl adjacent to an activating group) is 2. The van der Waals surface area contributed by atoms with E-state index < -0.39 is 0 Å². The van der Waals surface area contributed by atoms with Crippen molar-refractivity contribution in [3.05, 3.63) is 0 Å². The van der Waals surface area contributed by atoms with Gasteiger partial charge in [-0.25, -0.2) is 0 Å². The van der Waals surface area contributed by atoms with Crippen LogP contribution < -0.4 is 0 Å². The summed E-state index contributed by atoms with van der Waals surface area (Å²) in [6.07, 6.45) is 2.81. The molecule has 0 bridgehead atoms. The zero-order chi connectivity index (χ0) is 7.19. The Labute approximate surface area is 62.8 Å². The fourth-order valence-electron chi connectivity index (χ4n) is 2.23. The molecule has 2 aliphatic rings. The molecular formula is C8H16N2. The van der Waals surface area contributed by atoms with E-state index >= 15 is 0 Å². The van der Waals surface area contributed by atoms with Crippen molar-refractivity contribution < 1.29 is 0 Å². The van der Waals surface area contributed by atoms with Gasteiger partial charge in [-0.1, -0.05) is 0 Å². The van der Waals surface area contributed by atoms with Gasteiger partial charge in [-0.2, -0.15) is 0 Å². The van der Waals surface area contributed by atoms with E-state index in [2.05, 4.69) is 23.9 Å². The molecule has 2 fully saturated rings. The van der Waals surface area contributed by atoms with E-state index in [1.54, 1.807) is 0 Å². The third kappa shape index (κ3) is 0.722. The van der Waals surface area contributed by atoms with Gasteiger partial charge in [0.15, 0.2) is 0 Å². The molecule has 2 heterocycles. The molecule has 2 heteroatoms. The maximum atomic E-state index is 2.51. The lowest BCUT2D eigenvalue weighted by Gasteiger charge is -2.48. The van der Waals surface area contributed by atoms with Crippen molar-refractivity contribution in [2.24, 2.45) is 0 Å². The number of nitrogens with zero attached hydrogens (tertiary/aromatic N) is 2. The van der Waals surface area contributed by atoms with Gasteiger partial charge in [-0.05, 0) is 33.5 Å². The lowest BCUT2D eigenvalue weighted by atomic mass is 9.85. The summed E-state index contributed by atoms with van der Waals surface area (Å²) in [6, 6.07) is 0. The lowest BCUT2D eigenvalue weighted by molar-refractivity contribution is 0.0215. The Balaban J connectivity index is 2.04. The van der Waals surface area contributed by atoms with E-state index in [4.69, 9.17) is 0 Å². The summed E-state index contributed by atoms with van der Waals surface area (Å²) < 4.78 is 0. The first kappa shape index (κ1) is 6.62. The maximum Gasteiger partial charge on any atom is 0.0357 e. The highest BCUT2D eigenvalue weighted by atomic mass is 15.3. The number of likely N-dealkylation sites (tertiary alicyclic amines) is 2. The second-order valence-electron chi connectivity index (χ2n) is 3.88. The van der Waals surface area contributed by atoms with Crippen LogP contribution in [0.4, 0.5) is 0 Å². The third-order valence-electron chi connectivity index (χ3n) is 3.25. The molecule has 1 unspecified atom stereocenters. The molecule has 0 aromatic heterocycles. The average molecular weight is 140 g/mol. The van der Waals surface area contributed by atoms with Crippen LogP contribution in [0.2, 0.25) is 0 Å². The van der Waals surface area contributed by atoms with Gasteiger partial charge in [0.1, 0.15) is 0 Å². The van der Waals surface area contributed by atoms with Gasteiger partial charge < -0.3 is 4.90 Å². The standard InChI is InChI=1S/C8H16N2/c1-9-5-3-8(7-9)4-6-10(8)2/h3-7H2,1-2H3. The highest BCUT2D eigenvalue weighted by Crippen LogP contribution is 2.36. The molecule has 1 atom stereocenters. The minimum absolute atomic E-state index is 0.606. The quantitative estimate of drug-likeness (QED) is 0.480. The molecule has 0 amide bonds. The molecule has 1 spiro atoms. The van der Waals surface area contributed by atoms with Gasteiger partial charge in [0.25, 0.3) is 0 Å². The zero-order valence-corrected chi connectivity index (χ0v) is 6.93. The third-order valence-corrected chi connectivity index (χ3v) is 3.25. The molecule has 0 N–H and O–H groups in total. The van der Waals surface area contributed by atoms with Gasteiger partial charge >= 0.3 is 0 Å². The number of hydrogen-bond donors (Lipinski definition) is 0. The molecule has 2 aliphatic heterocycles. The van der Waals surface area contributed by atoms with Crippen molar-refractivity contribution in [2.75, 3.05) is 33.7 Å². The predicted octanol–water partition coefficient (Wildman–Crippen LogP) is 0.396. The summed E-state index contributed by atoms with van der Waals surface area (Å²) >= 11 is 0. The highest BCUT2D eigenvalue weighted by Gasteiger charge is 2.45.